The molecule has 1 heterocycles. The van der Waals surface area contributed by atoms with E-state index >= 15 is 0 Å². The first kappa shape index (κ1) is 13.6. The Hall–Kier alpha value is -1.42. The highest BCUT2D eigenvalue weighted by Gasteiger charge is 2.28. The molecule has 2 aromatic rings. The molecule has 20 heavy (non-hydrogen) atoms. The summed E-state index contributed by atoms with van der Waals surface area (Å²) >= 11 is 1.97. The van der Waals surface area contributed by atoms with Gasteiger partial charge in [0.05, 0.1) is 0 Å². The number of aromatic nitrogens is 1. The topological polar surface area (TPSA) is 44.9 Å². The second-order valence-corrected chi connectivity index (χ2v) is 6.77. The summed E-state index contributed by atoms with van der Waals surface area (Å²) in [5.74, 6) is 1.17. The summed E-state index contributed by atoms with van der Waals surface area (Å²) in [6.07, 6.45) is 5.42. The van der Waals surface area contributed by atoms with Crippen molar-refractivity contribution in [2.24, 2.45) is 0 Å². The van der Waals surface area contributed by atoms with Gasteiger partial charge < -0.3 is 10.3 Å². The fraction of sp³-hybridized carbons (Fsp3) is 0.438. The zero-order valence-corrected chi connectivity index (χ0v) is 12.5. The minimum absolute atomic E-state index is 0.0591. The molecule has 0 saturated heterocycles. The van der Waals surface area contributed by atoms with Crippen molar-refractivity contribution in [3.8, 4) is 0 Å². The number of hydrogen-bond donors (Lipinski definition) is 2. The van der Waals surface area contributed by atoms with E-state index in [1.54, 1.807) is 0 Å². The van der Waals surface area contributed by atoms with Crippen LogP contribution < -0.4 is 5.32 Å². The van der Waals surface area contributed by atoms with Crippen LogP contribution in [0.15, 0.2) is 30.5 Å². The molecule has 106 valence electrons. The van der Waals surface area contributed by atoms with Crippen LogP contribution in [0.25, 0.3) is 10.9 Å². The number of hydrogen-bond acceptors (Lipinski definition) is 2. The molecular weight excluding hydrogens is 268 g/mol. The lowest BCUT2D eigenvalue weighted by molar-refractivity contribution is 0.0940. The van der Waals surface area contributed by atoms with Crippen molar-refractivity contribution >= 4 is 28.6 Å². The van der Waals surface area contributed by atoms with Crippen molar-refractivity contribution in [1.82, 2.24) is 10.3 Å². The third-order valence-electron chi connectivity index (χ3n) is 3.99. The van der Waals surface area contributed by atoms with Crippen molar-refractivity contribution in [3.63, 3.8) is 0 Å². The predicted octanol–water partition coefficient (Wildman–Crippen LogP) is 3.57. The standard InChI is InChI=1S/C16H20N2OS/c1-2-20-15-8-4-7-14(15)18-16(19)12-5-3-6-13-11(12)9-10-17-13/h3,5-6,9-10,14-15,17H,2,4,7-8H2,1H3,(H,18,19). The van der Waals surface area contributed by atoms with Crippen LogP contribution in [-0.2, 0) is 0 Å². The average Bonchev–Trinajstić information content (AvgIpc) is 3.08. The average molecular weight is 288 g/mol. The third-order valence-corrected chi connectivity index (χ3v) is 5.32. The second-order valence-electron chi connectivity index (χ2n) is 5.25. The SMILES string of the molecule is CCSC1CCCC1NC(=O)c1cccc2[nH]ccc12. The lowest BCUT2D eigenvalue weighted by atomic mass is 10.1. The normalized spacial score (nSPS) is 22.2. The van der Waals surface area contributed by atoms with Crippen molar-refractivity contribution < 1.29 is 4.79 Å². The van der Waals surface area contributed by atoms with Gasteiger partial charge in [-0.3, -0.25) is 4.79 Å². The van der Waals surface area contributed by atoms with Gasteiger partial charge in [0.25, 0.3) is 5.91 Å². The Balaban J connectivity index is 1.77. The molecule has 0 aliphatic heterocycles. The first-order valence-electron chi connectivity index (χ1n) is 7.28. The molecular formula is C16H20N2OS. The van der Waals surface area contributed by atoms with Gasteiger partial charge in [0.1, 0.15) is 0 Å². The summed E-state index contributed by atoms with van der Waals surface area (Å²) in [5.41, 5.74) is 1.79. The molecule has 1 aromatic carbocycles. The van der Waals surface area contributed by atoms with Crippen LogP contribution in [-0.4, -0.2) is 27.9 Å². The maximum atomic E-state index is 12.5. The summed E-state index contributed by atoms with van der Waals surface area (Å²) in [4.78, 5) is 15.7. The Morgan fingerprint density at radius 2 is 2.30 bits per heavy atom. The number of carbonyl (C=O) groups is 1. The van der Waals surface area contributed by atoms with Crippen LogP contribution >= 0.6 is 11.8 Å². The number of fused-ring (bicyclic) bond motifs is 1. The molecule has 0 spiro atoms. The Morgan fingerprint density at radius 3 is 3.15 bits per heavy atom. The van der Waals surface area contributed by atoms with Gasteiger partial charge in [-0.15, -0.1) is 0 Å². The Bertz CT molecular complexity index is 607. The van der Waals surface area contributed by atoms with Gasteiger partial charge in [-0.1, -0.05) is 19.4 Å². The highest BCUT2D eigenvalue weighted by molar-refractivity contribution is 7.99. The maximum absolute atomic E-state index is 12.5. The number of thioether (sulfide) groups is 1. The van der Waals surface area contributed by atoms with E-state index in [4.69, 9.17) is 0 Å². The summed E-state index contributed by atoms with van der Waals surface area (Å²) in [6, 6.07) is 8.12. The molecule has 0 radical (unpaired) electrons. The largest absolute Gasteiger partial charge is 0.361 e. The van der Waals surface area contributed by atoms with E-state index in [0.717, 1.165) is 28.6 Å². The molecule has 2 unspecified atom stereocenters. The smallest absolute Gasteiger partial charge is 0.252 e. The number of H-pyrrole nitrogens is 1. The van der Waals surface area contributed by atoms with Crippen molar-refractivity contribution in [1.29, 1.82) is 0 Å². The number of rotatable bonds is 4. The van der Waals surface area contributed by atoms with Gasteiger partial charge in [0, 0.05) is 34.0 Å². The second kappa shape index (κ2) is 5.92. The number of benzene rings is 1. The van der Waals surface area contributed by atoms with E-state index in [1.807, 2.05) is 42.2 Å². The lowest BCUT2D eigenvalue weighted by Crippen LogP contribution is -2.38. The van der Waals surface area contributed by atoms with Gasteiger partial charge in [0.15, 0.2) is 0 Å². The minimum Gasteiger partial charge on any atom is -0.361 e. The molecule has 3 nitrogen and oxygen atoms in total. The van der Waals surface area contributed by atoms with Gasteiger partial charge >= 0.3 is 0 Å². The molecule has 1 aliphatic rings. The lowest BCUT2D eigenvalue weighted by Gasteiger charge is -2.20. The fourth-order valence-electron chi connectivity index (χ4n) is 3.03. The van der Waals surface area contributed by atoms with Crippen molar-refractivity contribution in [2.75, 3.05) is 5.75 Å². The number of nitrogens with one attached hydrogen (secondary N) is 2. The quantitative estimate of drug-likeness (QED) is 0.903. The maximum Gasteiger partial charge on any atom is 0.252 e. The van der Waals surface area contributed by atoms with E-state index in [-0.39, 0.29) is 5.91 Å². The summed E-state index contributed by atoms with van der Waals surface area (Å²) in [5, 5.41) is 4.82. The molecule has 1 amide bonds. The molecule has 2 N–H and O–H groups in total. The highest BCUT2D eigenvalue weighted by atomic mass is 32.2. The molecule has 0 bridgehead atoms. The van der Waals surface area contributed by atoms with Crippen LogP contribution in [0.3, 0.4) is 0 Å². The molecule has 2 atom stereocenters. The summed E-state index contributed by atoms with van der Waals surface area (Å²) in [6.45, 7) is 2.18. The monoisotopic (exact) mass is 288 g/mol. The zero-order valence-electron chi connectivity index (χ0n) is 11.7. The number of amides is 1. The van der Waals surface area contributed by atoms with E-state index in [0.29, 0.717) is 11.3 Å². The molecule has 1 fully saturated rings. The van der Waals surface area contributed by atoms with Gasteiger partial charge in [-0.25, -0.2) is 0 Å². The van der Waals surface area contributed by atoms with Gasteiger partial charge in [-0.2, -0.15) is 11.8 Å². The molecule has 3 rings (SSSR count). The van der Waals surface area contributed by atoms with E-state index in [2.05, 4.69) is 17.2 Å². The number of carbonyl (C=O) groups excluding carboxylic acids is 1. The molecule has 4 heteroatoms. The zero-order chi connectivity index (χ0) is 13.9. The van der Waals surface area contributed by atoms with Crippen LogP contribution in [0, 0.1) is 0 Å². The molecule has 1 saturated carbocycles. The van der Waals surface area contributed by atoms with E-state index in [1.165, 1.54) is 12.8 Å². The predicted molar refractivity (Wildman–Crippen MR) is 85.3 cm³/mol. The Labute approximate surface area is 123 Å². The van der Waals surface area contributed by atoms with Gasteiger partial charge in [-0.05, 0) is 36.8 Å². The fourth-order valence-corrected chi connectivity index (χ4v) is 4.23. The van der Waals surface area contributed by atoms with Crippen molar-refractivity contribution in [3.05, 3.63) is 36.0 Å². The van der Waals surface area contributed by atoms with Crippen molar-refractivity contribution in [2.45, 2.75) is 37.5 Å². The summed E-state index contributed by atoms with van der Waals surface area (Å²) in [7, 11) is 0. The molecule has 1 aromatic heterocycles. The van der Waals surface area contributed by atoms with E-state index in [9.17, 15) is 4.79 Å². The highest BCUT2D eigenvalue weighted by Crippen LogP contribution is 2.30. The first-order chi connectivity index (χ1) is 9.79. The molecule has 1 aliphatic carbocycles. The van der Waals surface area contributed by atoms with Crippen LogP contribution in [0.4, 0.5) is 0 Å². The van der Waals surface area contributed by atoms with E-state index < -0.39 is 0 Å². The Kier molecular flexibility index (Phi) is 4.01. The van der Waals surface area contributed by atoms with Crippen LogP contribution in [0.5, 0.6) is 0 Å². The first-order valence-corrected chi connectivity index (χ1v) is 8.33. The van der Waals surface area contributed by atoms with Crippen LogP contribution in [0.1, 0.15) is 36.5 Å². The minimum atomic E-state index is 0.0591. The van der Waals surface area contributed by atoms with Gasteiger partial charge in [0.2, 0.25) is 0 Å². The number of aromatic amines is 1. The Morgan fingerprint density at radius 1 is 1.40 bits per heavy atom. The summed E-state index contributed by atoms with van der Waals surface area (Å²) < 4.78 is 0. The van der Waals surface area contributed by atoms with Crippen LogP contribution in [0.2, 0.25) is 0 Å². The third kappa shape index (κ3) is 2.57.